The number of piperazine rings is 1. The maximum absolute atomic E-state index is 13.8. The summed E-state index contributed by atoms with van der Waals surface area (Å²) in [6, 6.07) is 15.0. The van der Waals surface area contributed by atoms with E-state index in [0.717, 1.165) is 34.0 Å². The van der Waals surface area contributed by atoms with Gasteiger partial charge in [0.1, 0.15) is 11.7 Å². The summed E-state index contributed by atoms with van der Waals surface area (Å²) in [6.07, 6.45) is 1.69. The second kappa shape index (κ2) is 9.64. The van der Waals surface area contributed by atoms with Crippen molar-refractivity contribution in [3.05, 3.63) is 80.3 Å². The van der Waals surface area contributed by atoms with Crippen LogP contribution in [0.2, 0.25) is 10.0 Å². The Morgan fingerprint density at radius 3 is 2.35 bits per heavy atom. The molecule has 2 unspecified atom stereocenters. The number of carbonyl (C=O) groups excluding carboxylic acids is 2. The van der Waals surface area contributed by atoms with Gasteiger partial charge >= 0.3 is 0 Å². The zero-order chi connectivity index (χ0) is 23.8. The highest BCUT2D eigenvalue weighted by Gasteiger charge is 2.47. The van der Waals surface area contributed by atoms with Crippen molar-refractivity contribution >= 4 is 51.9 Å². The van der Waals surface area contributed by atoms with Gasteiger partial charge in [-0.15, -0.1) is 0 Å². The summed E-state index contributed by atoms with van der Waals surface area (Å²) in [6.45, 7) is 3.12. The van der Waals surface area contributed by atoms with E-state index in [4.69, 9.17) is 28.2 Å². The maximum atomic E-state index is 13.8. The molecule has 3 heterocycles. The first kappa shape index (κ1) is 23.3. The smallest absolute Gasteiger partial charge is 0.271 e. The second-order valence-electron chi connectivity index (χ2n) is 8.47. The highest BCUT2D eigenvalue weighted by Crippen LogP contribution is 2.52. The molecule has 0 aliphatic carbocycles. The van der Waals surface area contributed by atoms with Gasteiger partial charge < -0.3 is 15.1 Å². The van der Waals surface area contributed by atoms with E-state index in [2.05, 4.69) is 17.1 Å². The van der Waals surface area contributed by atoms with E-state index in [1.807, 2.05) is 48.5 Å². The fourth-order valence-electron chi connectivity index (χ4n) is 4.60. The summed E-state index contributed by atoms with van der Waals surface area (Å²) < 4.78 is 0. The third-order valence-electron chi connectivity index (χ3n) is 6.18. The minimum absolute atomic E-state index is 0.0684. The lowest BCUT2D eigenvalue weighted by molar-refractivity contribution is -0.136. The molecular formula is C25H24Cl2N4O2S. The third kappa shape index (κ3) is 4.32. The van der Waals surface area contributed by atoms with Crippen LogP contribution >= 0.6 is 35.0 Å². The quantitative estimate of drug-likeness (QED) is 0.597. The largest absolute Gasteiger partial charge is 0.353 e. The lowest BCUT2D eigenvalue weighted by Gasteiger charge is -2.33. The Hall–Kier alpha value is -2.48. The van der Waals surface area contributed by atoms with Crippen molar-refractivity contribution in [1.82, 2.24) is 15.1 Å². The van der Waals surface area contributed by atoms with Crippen LogP contribution < -0.4 is 5.32 Å². The molecule has 176 valence electrons. The Kier molecular flexibility index (Phi) is 6.60. The van der Waals surface area contributed by atoms with Crippen LogP contribution in [0.1, 0.15) is 43.0 Å². The molecule has 2 amide bonds. The van der Waals surface area contributed by atoms with Gasteiger partial charge in [-0.3, -0.25) is 14.6 Å². The molecule has 0 radical (unpaired) electrons. The number of benzene rings is 2. The molecule has 0 saturated carbocycles. The number of rotatable bonds is 5. The summed E-state index contributed by atoms with van der Waals surface area (Å²) >= 11 is 13.9. The van der Waals surface area contributed by atoms with Gasteiger partial charge in [-0.1, -0.05) is 72.6 Å². The Morgan fingerprint density at radius 1 is 1.09 bits per heavy atom. The number of allylic oxidation sites excluding steroid dienone is 1. The zero-order valence-corrected chi connectivity index (χ0v) is 21.0. The van der Waals surface area contributed by atoms with Crippen molar-refractivity contribution in [2.75, 3.05) is 19.6 Å². The molecule has 6 nitrogen and oxygen atoms in total. The first-order chi connectivity index (χ1) is 16.5. The Labute approximate surface area is 213 Å². The molecule has 3 aliphatic rings. The predicted octanol–water partition coefficient (Wildman–Crippen LogP) is 5.16. The van der Waals surface area contributed by atoms with Crippen LogP contribution in [-0.2, 0) is 9.59 Å². The maximum Gasteiger partial charge on any atom is 0.271 e. The monoisotopic (exact) mass is 514 g/mol. The fourth-order valence-corrected chi connectivity index (χ4v) is 6.13. The fraction of sp³-hybridized carbons (Fsp3) is 0.320. The van der Waals surface area contributed by atoms with Crippen LogP contribution in [0.25, 0.3) is 0 Å². The van der Waals surface area contributed by atoms with Gasteiger partial charge in [-0.05, 0) is 41.8 Å². The number of fused-ring (bicyclic) bond motifs is 1. The number of amidine groups is 1. The van der Waals surface area contributed by atoms with Crippen LogP contribution in [0.5, 0.6) is 0 Å². The molecule has 1 fully saturated rings. The van der Waals surface area contributed by atoms with Gasteiger partial charge in [-0.25, -0.2) is 0 Å². The van der Waals surface area contributed by atoms with Crippen molar-refractivity contribution in [2.24, 2.45) is 4.99 Å². The van der Waals surface area contributed by atoms with E-state index in [1.54, 1.807) is 16.7 Å². The first-order valence-electron chi connectivity index (χ1n) is 11.3. The second-order valence-corrected chi connectivity index (χ2v) is 10.4. The SMILES string of the molecule is CCCC1=C(C(=O)N2CCNC(=O)C2)N2C(=NC(c3ccc(Cl)cc3)C2c2ccc(Cl)cc2)S1. The average Bonchev–Trinajstić information content (AvgIpc) is 3.36. The number of amides is 2. The Bertz CT molecular complexity index is 1180. The van der Waals surface area contributed by atoms with Crippen molar-refractivity contribution < 1.29 is 9.59 Å². The van der Waals surface area contributed by atoms with Crippen molar-refractivity contribution in [3.63, 3.8) is 0 Å². The number of carbonyl (C=O) groups is 2. The third-order valence-corrected chi connectivity index (χ3v) is 7.81. The van der Waals surface area contributed by atoms with Gasteiger partial charge in [-0.2, -0.15) is 0 Å². The van der Waals surface area contributed by atoms with E-state index < -0.39 is 0 Å². The predicted molar refractivity (Wildman–Crippen MR) is 137 cm³/mol. The standard InChI is InChI=1S/C25H24Cl2N4O2S/c1-2-3-19-23(24(33)30-13-12-28-20(32)14-30)31-22(16-6-10-18(27)11-7-16)21(29-25(31)34-19)15-4-8-17(26)9-5-15/h4-11,21-22H,2-3,12-14H2,1H3,(H,28,32). The molecule has 2 atom stereocenters. The summed E-state index contributed by atoms with van der Waals surface area (Å²) in [7, 11) is 0. The molecule has 9 heteroatoms. The Balaban J connectivity index is 1.59. The van der Waals surface area contributed by atoms with Crippen LogP contribution in [0.3, 0.4) is 0 Å². The van der Waals surface area contributed by atoms with E-state index in [-0.39, 0.29) is 30.4 Å². The summed E-state index contributed by atoms with van der Waals surface area (Å²) in [4.78, 5) is 35.7. The molecule has 34 heavy (non-hydrogen) atoms. The minimum atomic E-state index is -0.215. The van der Waals surface area contributed by atoms with Crippen LogP contribution in [0.4, 0.5) is 0 Å². The molecule has 2 aromatic carbocycles. The molecule has 1 saturated heterocycles. The van der Waals surface area contributed by atoms with Gasteiger partial charge in [0.15, 0.2) is 5.17 Å². The summed E-state index contributed by atoms with van der Waals surface area (Å²) in [5.74, 6) is -0.252. The number of nitrogens with one attached hydrogen (secondary N) is 1. The Morgan fingerprint density at radius 2 is 1.74 bits per heavy atom. The van der Waals surface area contributed by atoms with E-state index in [9.17, 15) is 9.59 Å². The van der Waals surface area contributed by atoms with Crippen molar-refractivity contribution in [2.45, 2.75) is 31.8 Å². The van der Waals surface area contributed by atoms with Gasteiger partial charge in [0, 0.05) is 28.0 Å². The number of hydrogen-bond donors (Lipinski definition) is 1. The lowest BCUT2D eigenvalue weighted by Crippen LogP contribution is -2.51. The van der Waals surface area contributed by atoms with E-state index >= 15 is 0 Å². The molecule has 0 spiro atoms. The average molecular weight is 515 g/mol. The summed E-state index contributed by atoms with van der Waals surface area (Å²) in [5.41, 5.74) is 2.67. The molecule has 5 rings (SSSR count). The lowest BCUT2D eigenvalue weighted by atomic mass is 9.93. The topological polar surface area (TPSA) is 65.0 Å². The molecule has 0 aromatic heterocycles. The number of thioether (sulfide) groups is 1. The van der Waals surface area contributed by atoms with Crippen molar-refractivity contribution in [3.8, 4) is 0 Å². The molecular weight excluding hydrogens is 491 g/mol. The molecule has 2 aromatic rings. The molecule has 1 N–H and O–H groups in total. The zero-order valence-electron chi connectivity index (χ0n) is 18.6. The number of halogens is 2. The van der Waals surface area contributed by atoms with Crippen LogP contribution in [-0.4, -0.2) is 46.4 Å². The van der Waals surface area contributed by atoms with E-state index in [1.165, 1.54) is 0 Å². The summed E-state index contributed by atoms with van der Waals surface area (Å²) in [5, 5.41) is 4.93. The molecule has 3 aliphatic heterocycles. The number of aliphatic imine (C=N–C) groups is 1. The number of nitrogens with zero attached hydrogens (tertiary/aromatic N) is 3. The minimum Gasteiger partial charge on any atom is -0.353 e. The highest BCUT2D eigenvalue weighted by molar-refractivity contribution is 8.17. The van der Waals surface area contributed by atoms with Crippen LogP contribution in [0, 0.1) is 0 Å². The van der Waals surface area contributed by atoms with Crippen molar-refractivity contribution in [1.29, 1.82) is 0 Å². The normalized spacial score (nSPS) is 22.1. The van der Waals surface area contributed by atoms with Crippen LogP contribution in [0.15, 0.2) is 64.1 Å². The van der Waals surface area contributed by atoms with Gasteiger partial charge in [0.05, 0.1) is 12.6 Å². The number of hydrogen-bond acceptors (Lipinski definition) is 5. The van der Waals surface area contributed by atoms with E-state index in [0.29, 0.717) is 28.8 Å². The first-order valence-corrected chi connectivity index (χ1v) is 12.9. The highest BCUT2D eigenvalue weighted by atomic mass is 35.5. The molecule has 0 bridgehead atoms. The van der Waals surface area contributed by atoms with Gasteiger partial charge in [0.2, 0.25) is 5.91 Å². The van der Waals surface area contributed by atoms with Gasteiger partial charge in [0.25, 0.3) is 5.91 Å².